The molecule has 0 saturated carbocycles. The van der Waals surface area contributed by atoms with Gasteiger partial charge in [-0.3, -0.25) is 4.79 Å². The van der Waals surface area contributed by atoms with Crippen molar-refractivity contribution in [3.63, 3.8) is 0 Å². The Morgan fingerprint density at radius 1 is 1.25 bits per heavy atom. The first-order valence-electron chi connectivity index (χ1n) is 7.68. The number of amides is 1. The van der Waals surface area contributed by atoms with Crippen molar-refractivity contribution >= 4 is 29.2 Å². The smallest absolute Gasteiger partial charge is 0.357 e. The maximum absolute atomic E-state index is 11.9. The Labute approximate surface area is 146 Å². The second-order valence-corrected chi connectivity index (χ2v) is 5.85. The standard InChI is InChI=1S/C18H19ClN2O3/c1-3-12(2)13-4-6-15(7-5-13)21-17(22)11-24-18(23)16-10-14(19)8-9-20-16/h4-10,12H,3,11H2,1-2H3,(H,21,22)/t12-/m1/s1. The lowest BCUT2D eigenvalue weighted by molar-refractivity contribution is -0.119. The minimum absolute atomic E-state index is 0.0632. The summed E-state index contributed by atoms with van der Waals surface area (Å²) in [6.45, 7) is 3.89. The van der Waals surface area contributed by atoms with Crippen molar-refractivity contribution in [3.05, 3.63) is 58.9 Å². The lowest BCUT2D eigenvalue weighted by Crippen LogP contribution is -2.21. The van der Waals surface area contributed by atoms with E-state index in [0.29, 0.717) is 16.6 Å². The van der Waals surface area contributed by atoms with Crippen LogP contribution in [0.2, 0.25) is 5.02 Å². The Hall–Kier alpha value is -2.40. The van der Waals surface area contributed by atoms with Gasteiger partial charge in [0.15, 0.2) is 6.61 Å². The number of anilines is 1. The first kappa shape index (κ1) is 17.9. The molecule has 0 aliphatic rings. The number of carbonyl (C=O) groups excluding carboxylic acids is 2. The Kier molecular flexibility index (Phi) is 6.32. The third-order valence-corrected chi connectivity index (χ3v) is 3.88. The molecule has 0 unspecified atom stereocenters. The van der Waals surface area contributed by atoms with Gasteiger partial charge in [0.2, 0.25) is 0 Å². The third-order valence-electron chi connectivity index (χ3n) is 3.64. The quantitative estimate of drug-likeness (QED) is 0.801. The highest BCUT2D eigenvalue weighted by Gasteiger charge is 2.12. The molecule has 1 heterocycles. The third kappa shape index (κ3) is 5.06. The molecular weight excluding hydrogens is 328 g/mol. The van der Waals surface area contributed by atoms with Crippen LogP contribution in [0.5, 0.6) is 0 Å². The molecule has 0 fully saturated rings. The van der Waals surface area contributed by atoms with Crippen molar-refractivity contribution in [1.82, 2.24) is 4.98 Å². The Bertz CT molecular complexity index is 716. The number of aromatic nitrogens is 1. The zero-order chi connectivity index (χ0) is 17.5. The molecule has 0 saturated heterocycles. The zero-order valence-electron chi connectivity index (χ0n) is 13.6. The predicted octanol–water partition coefficient (Wildman–Crippen LogP) is 4.04. The van der Waals surface area contributed by atoms with Crippen LogP contribution in [0.15, 0.2) is 42.6 Å². The van der Waals surface area contributed by atoms with Gasteiger partial charge in [0.1, 0.15) is 5.69 Å². The lowest BCUT2D eigenvalue weighted by Gasteiger charge is -2.10. The molecule has 1 N–H and O–H groups in total. The molecule has 126 valence electrons. The van der Waals surface area contributed by atoms with E-state index < -0.39 is 11.9 Å². The fraction of sp³-hybridized carbons (Fsp3) is 0.278. The Morgan fingerprint density at radius 2 is 1.96 bits per heavy atom. The van der Waals surface area contributed by atoms with E-state index in [0.717, 1.165) is 6.42 Å². The molecule has 5 nitrogen and oxygen atoms in total. The lowest BCUT2D eigenvalue weighted by atomic mass is 9.99. The average Bonchev–Trinajstić information content (AvgIpc) is 2.59. The van der Waals surface area contributed by atoms with E-state index in [2.05, 4.69) is 24.1 Å². The SMILES string of the molecule is CC[C@@H](C)c1ccc(NC(=O)COC(=O)c2cc(Cl)ccn2)cc1. The van der Waals surface area contributed by atoms with Crippen LogP contribution in [0.4, 0.5) is 5.69 Å². The van der Waals surface area contributed by atoms with Crippen molar-refractivity contribution in [1.29, 1.82) is 0 Å². The summed E-state index contributed by atoms with van der Waals surface area (Å²) in [5.74, 6) is -0.637. The molecule has 1 amide bonds. The Morgan fingerprint density at radius 3 is 2.58 bits per heavy atom. The van der Waals surface area contributed by atoms with Crippen molar-refractivity contribution in [3.8, 4) is 0 Å². The van der Waals surface area contributed by atoms with Crippen LogP contribution in [0.25, 0.3) is 0 Å². The molecule has 0 spiro atoms. The van der Waals surface area contributed by atoms with Gasteiger partial charge >= 0.3 is 5.97 Å². The summed E-state index contributed by atoms with van der Waals surface area (Å²) in [5.41, 5.74) is 1.94. The summed E-state index contributed by atoms with van der Waals surface area (Å²) in [6, 6.07) is 10.6. The molecule has 1 aromatic carbocycles. The molecule has 2 aromatic rings. The number of nitrogens with zero attached hydrogens (tertiary/aromatic N) is 1. The molecule has 0 aliphatic heterocycles. The van der Waals surface area contributed by atoms with E-state index in [4.69, 9.17) is 16.3 Å². The summed E-state index contributed by atoms with van der Waals surface area (Å²) >= 11 is 5.78. The Balaban J connectivity index is 1.86. The number of halogens is 1. The molecule has 0 radical (unpaired) electrons. The van der Waals surface area contributed by atoms with Gasteiger partial charge in [0.25, 0.3) is 5.91 Å². The summed E-state index contributed by atoms with van der Waals surface area (Å²) in [5, 5.41) is 3.06. The summed E-state index contributed by atoms with van der Waals surface area (Å²) in [4.78, 5) is 27.5. The fourth-order valence-corrected chi connectivity index (χ4v) is 2.21. The molecular formula is C18H19ClN2O3. The zero-order valence-corrected chi connectivity index (χ0v) is 14.3. The molecule has 24 heavy (non-hydrogen) atoms. The van der Waals surface area contributed by atoms with Crippen LogP contribution >= 0.6 is 11.6 Å². The molecule has 0 bridgehead atoms. The second-order valence-electron chi connectivity index (χ2n) is 5.41. The van der Waals surface area contributed by atoms with Gasteiger partial charge in [0, 0.05) is 16.9 Å². The minimum Gasteiger partial charge on any atom is -0.451 e. The van der Waals surface area contributed by atoms with Crippen LogP contribution < -0.4 is 5.32 Å². The summed E-state index contributed by atoms with van der Waals surface area (Å²) in [7, 11) is 0. The highest BCUT2D eigenvalue weighted by molar-refractivity contribution is 6.30. The number of rotatable bonds is 6. The van der Waals surface area contributed by atoms with Crippen molar-refractivity contribution in [2.45, 2.75) is 26.2 Å². The van der Waals surface area contributed by atoms with Crippen molar-refractivity contribution in [2.75, 3.05) is 11.9 Å². The van der Waals surface area contributed by atoms with Crippen molar-refractivity contribution in [2.24, 2.45) is 0 Å². The van der Waals surface area contributed by atoms with E-state index >= 15 is 0 Å². The summed E-state index contributed by atoms with van der Waals surface area (Å²) in [6.07, 6.45) is 2.46. The van der Waals surface area contributed by atoms with E-state index in [1.165, 1.54) is 17.8 Å². The number of esters is 1. The maximum Gasteiger partial charge on any atom is 0.357 e. The molecule has 1 atom stereocenters. The van der Waals surface area contributed by atoms with E-state index in [-0.39, 0.29) is 12.3 Å². The topological polar surface area (TPSA) is 68.3 Å². The second kappa shape index (κ2) is 8.45. The van der Waals surface area contributed by atoms with Gasteiger partial charge < -0.3 is 10.1 Å². The fourth-order valence-electron chi connectivity index (χ4n) is 2.05. The molecule has 1 aromatic heterocycles. The highest BCUT2D eigenvalue weighted by Crippen LogP contribution is 2.20. The normalized spacial score (nSPS) is 11.6. The van der Waals surface area contributed by atoms with Crippen LogP contribution in [0.3, 0.4) is 0 Å². The van der Waals surface area contributed by atoms with E-state index in [1.54, 1.807) is 6.07 Å². The van der Waals surface area contributed by atoms with Crippen molar-refractivity contribution < 1.29 is 14.3 Å². The number of pyridine rings is 1. The predicted molar refractivity (Wildman–Crippen MR) is 93.3 cm³/mol. The van der Waals surface area contributed by atoms with E-state index in [1.807, 2.05) is 24.3 Å². The monoisotopic (exact) mass is 346 g/mol. The number of nitrogens with one attached hydrogen (secondary N) is 1. The van der Waals surface area contributed by atoms with Crippen LogP contribution in [0.1, 0.15) is 42.2 Å². The van der Waals surface area contributed by atoms with Gasteiger partial charge in [-0.2, -0.15) is 0 Å². The maximum atomic E-state index is 11.9. The first-order chi connectivity index (χ1) is 11.5. The molecule has 0 aliphatic carbocycles. The van der Waals surface area contributed by atoms with E-state index in [9.17, 15) is 9.59 Å². The molecule has 2 rings (SSSR count). The number of carbonyl (C=O) groups is 2. The van der Waals surface area contributed by atoms with Gasteiger partial charge in [-0.05, 0) is 42.2 Å². The number of hydrogen-bond acceptors (Lipinski definition) is 4. The largest absolute Gasteiger partial charge is 0.451 e. The molecule has 6 heteroatoms. The first-order valence-corrected chi connectivity index (χ1v) is 8.06. The van der Waals surface area contributed by atoms with Gasteiger partial charge in [-0.25, -0.2) is 9.78 Å². The number of benzene rings is 1. The van der Waals surface area contributed by atoms with Gasteiger partial charge in [-0.1, -0.05) is 37.6 Å². The average molecular weight is 347 g/mol. The van der Waals surface area contributed by atoms with Crippen LogP contribution in [-0.4, -0.2) is 23.5 Å². The van der Waals surface area contributed by atoms with Gasteiger partial charge in [0.05, 0.1) is 0 Å². The van der Waals surface area contributed by atoms with Crippen LogP contribution in [-0.2, 0) is 9.53 Å². The summed E-state index contributed by atoms with van der Waals surface area (Å²) < 4.78 is 4.92. The number of ether oxygens (including phenoxy) is 1. The number of hydrogen-bond donors (Lipinski definition) is 1. The van der Waals surface area contributed by atoms with Gasteiger partial charge in [-0.15, -0.1) is 0 Å². The van der Waals surface area contributed by atoms with Crippen LogP contribution in [0, 0.1) is 0 Å². The highest BCUT2D eigenvalue weighted by atomic mass is 35.5. The minimum atomic E-state index is -0.695.